The van der Waals surface area contributed by atoms with E-state index in [0.29, 0.717) is 35.9 Å². The normalized spacial score (nSPS) is 14.7. The largest absolute Gasteiger partial charge is 0.476 e. The third-order valence-corrected chi connectivity index (χ3v) is 2.68. The van der Waals surface area contributed by atoms with Gasteiger partial charge in [0.15, 0.2) is 5.82 Å². The number of unbranched alkanes of at least 4 members (excludes halogenated alkanes) is 1. The van der Waals surface area contributed by atoms with Gasteiger partial charge in [0.1, 0.15) is 11.5 Å². The van der Waals surface area contributed by atoms with Crippen LogP contribution in [0.1, 0.15) is 38.4 Å². The van der Waals surface area contributed by atoms with Crippen LogP contribution in [0.15, 0.2) is 0 Å². The predicted molar refractivity (Wildman–Crippen MR) is 68.2 cm³/mol. The van der Waals surface area contributed by atoms with E-state index >= 15 is 0 Å². The van der Waals surface area contributed by atoms with Crippen LogP contribution in [0.25, 0.3) is 0 Å². The molecule has 5 nitrogen and oxygen atoms in total. The molecule has 1 aliphatic carbocycles. The summed E-state index contributed by atoms with van der Waals surface area (Å²) in [6.45, 7) is 4.63. The number of nitrogens with zero attached hydrogens (tertiary/aromatic N) is 2. The Morgan fingerprint density at radius 3 is 2.82 bits per heavy atom. The lowest BCUT2D eigenvalue weighted by molar-refractivity contribution is 0.298. The van der Waals surface area contributed by atoms with Crippen molar-refractivity contribution >= 4 is 11.5 Å². The van der Waals surface area contributed by atoms with Crippen LogP contribution in [0.2, 0.25) is 0 Å². The van der Waals surface area contributed by atoms with Gasteiger partial charge >= 0.3 is 0 Å². The van der Waals surface area contributed by atoms with Gasteiger partial charge in [-0.05, 0) is 26.2 Å². The summed E-state index contributed by atoms with van der Waals surface area (Å²) < 4.78 is 5.58. The number of ether oxygens (including phenoxy) is 1. The van der Waals surface area contributed by atoms with Crippen molar-refractivity contribution in [3.8, 4) is 5.88 Å². The molecule has 0 bridgehead atoms. The Labute approximate surface area is 102 Å². The first-order valence-corrected chi connectivity index (χ1v) is 6.24. The van der Waals surface area contributed by atoms with Crippen molar-refractivity contribution in [2.75, 3.05) is 17.7 Å². The molecule has 17 heavy (non-hydrogen) atoms. The number of nitrogens with one attached hydrogen (secondary N) is 1. The van der Waals surface area contributed by atoms with Crippen LogP contribution in [-0.2, 0) is 0 Å². The molecule has 1 heterocycles. The quantitative estimate of drug-likeness (QED) is 0.740. The third-order valence-electron chi connectivity index (χ3n) is 2.68. The Kier molecular flexibility index (Phi) is 3.66. The molecule has 1 aromatic rings. The molecule has 0 spiro atoms. The highest BCUT2D eigenvalue weighted by molar-refractivity contribution is 5.67. The number of aromatic nitrogens is 2. The molecule has 0 saturated heterocycles. The fourth-order valence-electron chi connectivity index (χ4n) is 1.51. The minimum absolute atomic E-state index is 0.508. The van der Waals surface area contributed by atoms with E-state index in [0.717, 1.165) is 12.8 Å². The lowest BCUT2D eigenvalue weighted by atomic mass is 10.3. The molecule has 1 fully saturated rings. The van der Waals surface area contributed by atoms with Crippen LogP contribution in [0, 0.1) is 6.92 Å². The van der Waals surface area contributed by atoms with E-state index in [-0.39, 0.29) is 0 Å². The van der Waals surface area contributed by atoms with Gasteiger partial charge in [0, 0.05) is 6.04 Å². The highest BCUT2D eigenvalue weighted by Crippen LogP contribution is 2.31. The summed E-state index contributed by atoms with van der Waals surface area (Å²) in [5.41, 5.74) is 6.52. The van der Waals surface area contributed by atoms with Crippen LogP contribution >= 0.6 is 0 Å². The van der Waals surface area contributed by atoms with Gasteiger partial charge in [-0.2, -0.15) is 4.98 Å². The van der Waals surface area contributed by atoms with Gasteiger partial charge < -0.3 is 15.8 Å². The highest BCUT2D eigenvalue weighted by Gasteiger charge is 2.23. The second kappa shape index (κ2) is 5.21. The van der Waals surface area contributed by atoms with Crippen molar-refractivity contribution < 1.29 is 4.74 Å². The fraction of sp³-hybridized carbons (Fsp3) is 0.667. The van der Waals surface area contributed by atoms with E-state index in [1.807, 2.05) is 6.92 Å². The number of nitrogens with two attached hydrogens (primary N) is 1. The van der Waals surface area contributed by atoms with E-state index in [1.165, 1.54) is 12.8 Å². The first kappa shape index (κ1) is 12.0. The minimum atomic E-state index is 0.508. The maximum atomic E-state index is 6.00. The Morgan fingerprint density at radius 2 is 2.18 bits per heavy atom. The average Bonchev–Trinajstić information content (AvgIpc) is 3.09. The monoisotopic (exact) mass is 236 g/mol. The van der Waals surface area contributed by atoms with E-state index in [2.05, 4.69) is 22.2 Å². The van der Waals surface area contributed by atoms with Crippen molar-refractivity contribution in [2.45, 2.75) is 45.6 Å². The van der Waals surface area contributed by atoms with Crippen molar-refractivity contribution in [3.05, 3.63) is 5.82 Å². The van der Waals surface area contributed by atoms with Crippen molar-refractivity contribution in [2.24, 2.45) is 0 Å². The lowest BCUT2D eigenvalue weighted by Crippen LogP contribution is -2.11. The van der Waals surface area contributed by atoms with Crippen LogP contribution in [0.5, 0.6) is 5.88 Å². The number of aryl methyl sites for hydroxylation is 1. The molecule has 0 aliphatic heterocycles. The second-order valence-corrected chi connectivity index (χ2v) is 4.46. The molecule has 94 valence electrons. The molecule has 5 heteroatoms. The molecule has 0 unspecified atom stereocenters. The maximum absolute atomic E-state index is 6.00. The van der Waals surface area contributed by atoms with Crippen molar-refractivity contribution in [1.29, 1.82) is 0 Å². The molecule has 0 amide bonds. The average molecular weight is 236 g/mol. The van der Waals surface area contributed by atoms with Crippen LogP contribution < -0.4 is 15.8 Å². The smallest absolute Gasteiger partial charge is 0.242 e. The molecule has 0 aromatic carbocycles. The predicted octanol–water partition coefficient (Wildman–Crippen LogP) is 2.12. The molecule has 0 radical (unpaired) electrons. The maximum Gasteiger partial charge on any atom is 0.242 e. The fourth-order valence-corrected chi connectivity index (χ4v) is 1.51. The number of nitrogen functional groups attached to an aromatic ring is 1. The van der Waals surface area contributed by atoms with Crippen LogP contribution in [0.4, 0.5) is 11.5 Å². The number of hydrogen-bond donors (Lipinski definition) is 2. The zero-order valence-corrected chi connectivity index (χ0v) is 10.5. The summed E-state index contributed by atoms with van der Waals surface area (Å²) in [5.74, 6) is 1.91. The highest BCUT2D eigenvalue weighted by atomic mass is 16.5. The molecular weight excluding hydrogens is 216 g/mol. The molecular formula is C12H20N4O. The topological polar surface area (TPSA) is 73.1 Å². The molecule has 2 rings (SSSR count). The zero-order valence-electron chi connectivity index (χ0n) is 10.5. The standard InChI is InChI=1S/C12H20N4O/c1-3-4-7-17-12-10(13)11(14-8(2)15-12)16-9-5-6-9/h9H,3-7,13H2,1-2H3,(H,14,15,16). The van der Waals surface area contributed by atoms with Crippen LogP contribution in [-0.4, -0.2) is 22.6 Å². The van der Waals surface area contributed by atoms with Gasteiger partial charge in [-0.25, -0.2) is 4.98 Å². The Morgan fingerprint density at radius 1 is 1.41 bits per heavy atom. The summed E-state index contributed by atoms with van der Waals surface area (Å²) in [4.78, 5) is 8.55. The Balaban J connectivity index is 2.09. The van der Waals surface area contributed by atoms with Gasteiger partial charge in [-0.15, -0.1) is 0 Å². The summed E-state index contributed by atoms with van der Waals surface area (Å²) in [7, 11) is 0. The van der Waals surface area contributed by atoms with Gasteiger partial charge in [-0.1, -0.05) is 13.3 Å². The van der Waals surface area contributed by atoms with E-state index < -0.39 is 0 Å². The van der Waals surface area contributed by atoms with Gasteiger partial charge in [0.25, 0.3) is 0 Å². The van der Waals surface area contributed by atoms with Gasteiger partial charge in [-0.3, -0.25) is 0 Å². The summed E-state index contributed by atoms with van der Waals surface area (Å²) >= 11 is 0. The van der Waals surface area contributed by atoms with Crippen molar-refractivity contribution in [3.63, 3.8) is 0 Å². The minimum Gasteiger partial charge on any atom is -0.476 e. The summed E-state index contributed by atoms with van der Waals surface area (Å²) in [6.07, 6.45) is 4.48. The first-order valence-electron chi connectivity index (χ1n) is 6.24. The number of anilines is 2. The second-order valence-electron chi connectivity index (χ2n) is 4.46. The number of rotatable bonds is 6. The molecule has 1 aliphatic rings. The van der Waals surface area contributed by atoms with Gasteiger partial charge in [0.05, 0.1) is 6.61 Å². The Hall–Kier alpha value is -1.52. The SMILES string of the molecule is CCCCOc1nc(C)nc(NC2CC2)c1N. The summed E-state index contributed by atoms with van der Waals surface area (Å²) in [6, 6.07) is 0.523. The Bertz CT molecular complexity index is 390. The zero-order chi connectivity index (χ0) is 12.3. The van der Waals surface area contributed by atoms with E-state index in [9.17, 15) is 0 Å². The van der Waals surface area contributed by atoms with Crippen molar-refractivity contribution in [1.82, 2.24) is 9.97 Å². The summed E-state index contributed by atoms with van der Waals surface area (Å²) in [5, 5.41) is 3.30. The van der Waals surface area contributed by atoms with Gasteiger partial charge in [0.2, 0.25) is 5.88 Å². The molecule has 0 atom stereocenters. The molecule has 1 saturated carbocycles. The van der Waals surface area contributed by atoms with E-state index in [1.54, 1.807) is 0 Å². The van der Waals surface area contributed by atoms with E-state index in [4.69, 9.17) is 10.5 Å². The third kappa shape index (κ3) is 3.22. The lowest BCUT2D eigenvalue weighted by Gasteiger charge is -2.12. The van der Waals surface area contributed by atoms with Crippen LogP contribution in [0.3, 0.4) is 0 Å². The molecule has 3 N–H and O–H groups in total. The first-order chi connectivity index (χ1) is 8.20. The number of hydrogen-bond acceptors (Lipinski definition) is 5. The molecule has 1 aromatic heterocycles.